The molecule has 12 heteroatoms. The molecule has 5 rings (SSSR count). The zero-order valence-corrected chi connectivity index (χ0v) is 17.9. The van der Waals surface area contributed by atoms with E-state index in [1.165, 1.54) is 11.3 Å². The Labute approximate surface area is 184 Å². The maximum Gasteiger partial charge on any atom is 0.229 e. The summed E-state index contributed by atoms with van der Waals surface area (Å²) in [5.74, 6) is 1.74. The lowest BCUT2D eigenvalue weighted by Crippen LogP contribution is -2.12. The zero-order valence-electron chi connectivity index (χ0n) is 15.5. The molecule has 0 bridgehead atoms. The van der Waals surface area contributed by atoms with Gasteiger partial charge in [0.25, 0.3) is 0 Å². The number of aromatic amines is 1. The smallest absolute Gasteiger partial charge is 0.229 e. The van der Waals surface area contributed by atoms with Crippen LogP contribution in [0, 0.1) is 5.92 Å². The number of nitrogens with two attached hydrogens (primary N) is 1. The average Bonchev–Trinajstić information content (AvgIpc) is 3.17. The molecule has 4 aromatic rings. The maximum atomic E-state index is 12.0. The van der Waals surface area contributed by atoms with E-state index in [2.05, 4.69) is 25.5 Å². The van der Waals surface area contributed by atoms with Crippen LogP contribution in [0.5, 0.6) is 5.75 Å². The van der Waals surface area contributed by atoms with Crippen molar-refractivity contribution in [1.82, 2.24) is 24.7 Å². The van der Waals surface area contributed by atoms with E-state index in [1.54, 1.807) is 18.6 Å². The first-order valence-electron chi connectivity index (χ1n) is 9.07. The van der Waals surface area contributed by atoms with Crippen molar-refractivity contribution in [1.29, 1.82) is 0 Å². The molecule has 0 aliphatic heterocycles. The third-order valence-electron chi connectivity index (χ3n) is 4.65. The molecule has 0 unspecified atom stereocenters. The summed E-state index contributed by atoms with van der Waals surface area (Å²) in [7, 11) is 0. The zero-order chi connectivity index (χ0) is 20.7. The summed E-state index contributed by atoms with van der Waals surface area (Å²) in [4.78, 5) is 20.7. The summed E-state index contributed by atoms with van der Waals surface area (Å²) in [6.07, 6.45) is 5.26. The van der Waals surface area contributed by atoms with Crippen molar-refractivity contribution >= 4 is 56.3 Å². The van der Waals surface area contributed by atoms with Crippen LogP contribution < -0.4 is 15.2 Å². The molecule has 0 atom stereocenters. The van der Waals surface area contributed by atoms with Crippen LogP contribution in [0.3, 0.4) is 0 Å². The van der Waals surface area contributed by atoms with Crippen LogP contribution >= 0.6 is 34.9 Å². The number of imidazole rings is 1. The van der Waals surface area contributed by atoms with Crippen molar-refractivity contribution in [2.45, 2.75) is 12.8 Å². The number of halogens is 1. The van der Waals surface area contributed by atoms with E-state index in [0.717, 1.165) is 40.7 Å². The van der Waals surface area contributed by atoms with Crippen LogP contribution in [-0.2, 0) is 4.79 Å². The quantitative estimate of drug-likeness (QED) is 0.282. The topological polar surface area (TPSA) is 124 Å². The minimum atomic E-state index is 0.0198. The van der Waals surface area contributed by atoms with Crippen LogP contribution in [0.25, 0.3) is 27.4 Å². The Morgan fingerprint density at radius 1 is 1.47 bits per heavy atom. The van der Waals surface area contributed by atoms with Crippen LogP contribution in [0.15, 0.2) is 30.7 Å². The highest BCUT2D eigenvalue weighted by Gasteiger charge is 2.30. The fraction of sp³-hybridized carbons (Fsp3) is 0.222. The SMILES string of the molecule is NSCOc1ccc(-c2cncn2-c2n[nH]c3nc(NC(=O)C4CC4)sc23)c(Cl)c1. The number of nitrogens with one attached hydrogen (secondary N) is 2. The number of ether oxygens (including phenoxy) is 1. The number of benzene rings is 1. The fourth-order valence-electron chi connectivity index (χ4n) is 3.03. The second-order valence-electron chi connectivity index (χ2n) is 6.73. The standard InChI is InChI=1S/C18H16ClN7O2S2/c19-12-5-10(28-8-29-20)3-4-11(12)13-6-21-7-26(13)16-14-15(24-25-16)22-18(30-14)23-17(27)9-1-2-9/h3-7,9H,1-2,8,20H2,(H2,22,23,24,25,27). The largest absolute Gasteiger partial charge is 0.482 e. The van der Waals surface area contributed by atoms with Gasteiger partial charge in [-0.3, -0.25) is 19.6 Å². The van der Waals surface area contributed by atoms with E-state index in [9.17, 15) is 4.79 Å². The molecule has 3 heterocycles. The Balaban J connectivity index is 1.48. The average molecular weight is 462 g/mol. The number of amides is 1. The Kier molecular flexibility index (Phi) is 5.11. The highest BCUT2D eigenvalue weighted by Crippen LogP contribution is 2.36. The van der Waals surface area contributed by atoms with Crippen molar-refractivity contribution in [2.75, 3.05) is 11.3 Å². The van der Waals surface area contributed by atoms with Crippen molar-refractivity contribution in [3.63, 3.8) is 0 Å². The predicted molar refractivity (Wildman–Crippen MR) is 118 cm³/mol. The van der Waals surface area contributed by atoms with Gasteiger partial charge in [-0.15, -0.1) is 0 Å². The van der Waals surface area contributed by atoms with E-state index in [1.807, 2.05) is 16.7 Å². The number of hydrogen-bond acceptors (Lipinski definition) is 8. The first-order valence-corrected chi connectivity index (χ1v) is 11.3. The molecule has 1 saturated carbocycles. The van der Waals surface area contributed by atoms with Gasteiger partial charge in [-0.1, -0.05) is 22.9 Å². The number of aromatic nitrogens is 5. The molecular formula is C18H16ClN7O2S2. The van der Waals surface area contributed by atoms with Gasteiger partial charge in [0.2, 0.25) is 5.91 Å². The Bertz CT molecular complexity index is 1230. The van der Waals surface area contributed by atoms with Crippen LogP contribution in [0.1, 0.15) is 12.8 Å². The lowest BCUT2D eigenvalue weighted by atomic mass is 10.1. The van der Waals surface area contributed by atoms with Crippen molar-refractivity contribution in [3.05, 3.63) is 35.7 Å². The molecule has 1 fully saturated rings. The minimum absolute atomic E-state index is 0.0198. The normalized spacial score (nSPS) is 13.7. The Morgan fingerprint density at radius 2 is 2.33 bits per heavy atom. The summed E-state index contributed by atoms with van der Waals surface area (Å²) < 4.78 is 8.15. The Hall–Kier alpha value is -2.60. The third-order valence-corrected chi connectivity index (χ3v) is 6.19. The van der Waals surface area contributed by atoms with E-state index in [-0.39, 0.29) is 11.8 Å². The molecule has 1 aliphatic rings. The summed E-state index contributed by atoms with van der Waals surface area (Å²) >= 11 is 8.97. The lowest BCUT2D eigenvalue weighted by molar-refractivity contribution is -0.117. The molecule has 4 N–H and O–H groups in total. The van der Waals surface area contributed by atoms with Gasteiger partial charge in [-0.2, -0.15) is 5.10 Å². The predicted octanol–water partition coefficient (Wildman–Crippen LogP) is 3.82. The summed E-state index contributed by atoms with van der Waals surface area (Å²) in [6, 6.07) is 5.43. The van der Waals surface area contributed by atoms with Crippen molar-refractivity contribution in [2.24, 2.45) is 11.1 Å². The van der Waals surface area contributed by atoms with Gasteiger partial charge >= 0.3 is 0 Å². The second kappa shape index (κ2) is 7.91. The molecular weight excluding hydrogens is 446 g/mol. The molecule has 154 valence electrons. The number of carbonyl (C=O) groups excluding carboxylic acids is 1. The molecule has 0 radical (unpaired) electrons. The van der Waals surface area contributed by atoms with Crippen molar-refractivity contribution < 1.29 is 9.53 Å². The molecule has 1 amide bonds. The number of carbonyl (C=O) groups is 1. The van der Waals surface area contributed by atoms with E-state index in [4.69, 9.17) is 21.5 Å². The number of thiazole rings is 1. The van der Waals surface area contributed by atoms with Gasteiger partial charge in [-0.25, -0.2) is 9.97 Å². The highest BCUT2D eigenvalue weighted by atomic mass is 35.5. The van der Waals surface area contributed by atoms with Crippen LogP contribution in [0.2, 0.25) is 5.02 Å². The summed E-state index contributed by atoms with van der Waals surface area (Å²) in [6.45, 7) is 0. The van der Waals surface area contributed by atoms with Gasteiger partial charge < -0.3 is 10.1 Å². The fourth-order valence-corrected chi connectivity index (χ4v) is 4.41. The monoisotopic (exact) mass is 461 g/mol. The van der Waals surface area contributed by atoms with Gasteiger partial charge in [0, 0.05) is 11.5 Å². The molecule has 1 aromatic carbocycles. The van der Waals surface area contributed by atoms with Crippen LogP contribution in [0.4, 0.5) is 5.13 Å². The number of nitrogens with zero attached hydrogens (tertiary/aromatic N) is 4. The number of H-pyrrole nitrogens is 1. The summed E-state index contributed by atoms with van der Waals surface area (Å²) in [5.41, 5.74) is 2.16. The minimum Gasteiger partial charge on any atom is -0.482 e. The van der Waals surface area contributed by atoms with E-state index >= 15 is 0 Å². The molecule has 0 spiro atoms. The van der Waals surface area contributed by atoms with Gasteiger partial charge in [-0.05, 0) is 43.0 Å². The number of fused-ring (bicyclic) bond motifs is 1. The molecule has 0 saturated heterocycles. The molecule has 9 nitrogen and oxygen atoms in total. The first kappa shape index (κ1) is 19.4. The summed E-state index contributed by atoms with van der Waals surface area (Å²) in [5, 5.41) is 16.7. The number of hydrogen-bond donors (Lipinski definition) is 3. The molecule has 30 heavy (non-hydrogen) atoms. The third kappa shape index (κ3) is 3.65. The van der Waals surface area contributed by atoms with E-state index < -0.39 is 0 Å². The first-order chi connectivity index (χ1) is 14.6. The molecule has 3 aromatic heterocycles. The van der Waals surface area contributed by atoms with Crippen molar-refractivity contribution in [3.8, 4) is 22.8 Å². The van der Waals surface area contributed by atoms with Gasteiger partial charge in [0.15, 0.2) is 16.6 Å². The number of anilines is 1. The highest BCUT2D eigenvalue weighted by molar-refractivity contribution is 7.96. The van der Waals surface area contributed by atoms with Gasteiger partial charge in [0.05, 0.1) is 16.9 Å². The maximum absolute atomic E-state index is 12.0. The van der Waals surface area contributed by atoms with Gasteiger partial charge in [0.1, 0.15) is 22.7 Å². The van der Waals surface area contributed by atoms with E-state index in [0.29, 0.717) is 33.3 Å². The molecule has 1 aliphatic carbocycles. The Morgan fingerprint density at radius 3 is 3.10 bits per heavy atom. The number of rotatable bonds is 7. The van der Waals surface area contributed by atoms with Crippen LogP contribution in [-0.4, -0.2) is 36.6 Å². The lowest BCUT2D eigenvalue weighted by Gasteiger charge is -2.10. The second-order valence-corrected chi connectivity index (χ2v) is 8.70.